The minimum Gasteiger partial charge on any atom is -0.311 e. The van der Waals surface area contributed by atoms with Gasteiger partial charge in [0.1, 0.15) is 5.82 Å². The number of carbonyl (C=O) groups is 1. The molecule has 0 bridgehead atoms. The minimum absolute atomic E-state index is 0.0522. The fraction of sp³-hybridized carbons (Fsp3) is 0.733. The molecule has 0 spiro atoms. The lowest BCUT2D eigenvalue weighted by molar-refractivity contribution is -0.121. The summed E-state index contributed by atoms with van der Waals surface area (Å²) in [5.74, 6) is 0.605. The monoisotopic (exact) mass is 342 g/mol. The van der Waals surface area contributed by atoms with Crippen LogP contribution >= 0.6 is 0 Å². The van der Waals surface area contributed by atoms with E-state index < -0.39 is 10.0 Å². The van der Waals surface area contributed by atoms with Crippen LogP contribution < -0.4 is 5.32 Å². The largest absolute Gasteiger partial charge is 0.311 e. The van der Waals surface area contributed by atoms with Crippen LogP contribution in [0.1, 0.15) is 46.1 Å². The lowest BCUT2D eigenvalue weighted by Crippen LogP contribution is -2.42. The van der Waals surface area contributed by atoms with Gasteiger partial charge in [-0.1, -0.05) is 6.92 Å². The molecule has 0 saturated carbocycles. The van der Waals surface area contributed by atoms with E-state index in [2.05, 4.69) is 24.3 Å². The van der Waals surface area contributed by atoms with Gasteiger partial charge in [-0.15, -0.1) is 0 Å². The molecule has 1 saturated heterocycles. The third-order valence-electron chi connectivity index (χ3n) is 4.51. The van der Waals surface area contributed by atoms with Gasteiger partial charge < -0.3 is 5.32 Å². The third-order valence-corrected chi connectivity index (χ3v) is 6.39. The standard InChI is InChI=1S/C15H26N4O3S/c1-4-12(3)19-14(6-9-16-19)17-15(20)13-7-10-18(11-8-13)23(21,22)5-2/h6,9,12-13H,4-5,7-8,10-11H2,1-3H3,(H,17,20). The Bertz CT molecular complexity index is 633. The summed E-state index contributed by atoms with van der Waals surface area (Å²) < 4.78 is 27.0. The van der Waals surface area contributed by atoms with E-state index >= 15 is 0 Å². The number of nitrogens with zero attached hydrogens (tertiary/aromatic N) is 3. The molecule has 1 aromatic rings. The van der Waals surface area contributed by atoms with E-state index in [-0.39, 0.29) is 23.6 Å². The average Bonchev–Trinajstić information content (AvgIpc) is 3.02. The first-order chi connectivity index (χ1) is 10.9. The molecule has 0 radical (unpaired) electrons. The Morgan fingerprint density at radius 1 is 1.39 bits per heavy atom. The smallest absolute Gasteiger partial charge is 0.228 e. The normalized spacial score (nSPS) is 18.7. The highest BCUT2D eigenvalue weighted by Crippen LogP contribution is 2.23. The van der Waals surface area contributed by atoms with Gasteiger partial charge in [0.05, 0.1) is 18.0 Å². The zero-order valence-electron chi connectivity index (χ0n) is 14.0. The van der Waals surface area contributed by atoms with E-state index in [0.29, 0.717) is 31.7 Å². The highest BCUT2D eigenvalue weighted by molar-refractivity contribution is 7.89. The number of aromatic nitrogens is 2. The Kier molecular flexibility index (Phi) is 5.80. The second-order valence-corrected chi connectivity index (χ2v) is 8.24. The first-order valence-corrected chi connectivity index (χ1v) is 9.82. The van der Waals surface area contributed by atoms with Crippen molar-refractivity contribution in [1.82, 2.24) is 14.1 Å². The summed E-state index contributed by atoms with van der Waals surface area (Å²) in [6.45, 7) is 6.60. The Labute approximate surface area is 138 Å². The molecule has 0 aliphatic carbocycles. The predicted molar refractivity (Wildman–Crippen MR) is 89.6 cm³/mol. The van der Waals surface area contributed by atoms with Crippen LogP contribution in [0.4, 0.5) is 5.82 Å². The summed E-state index contributed by atoms with van der Waals surface area (Å²) in [6, 6.07) is 2.01. The Hall–Kier alpha value is -1.41. The van der Waals surface area contributed by atoms with Gasteiger partial charge in [0.25, 0.3) is 0 Å². The van der Waals surface area contributed by atoms with Crippen molar-refractivity contribution < 1.29 is 13.2 Å². The van der Waals surface area contributed by atoms with Gasteiger partial charge >= 0.3 is 0 Å². The van der Waals surface area contributed by atoms with E-state index in [1.165, 1.54) is 4.31 Å². The maximum atomic E-state index is 12.4. The van der Waals surface area contributed by atoms with Crippen LogP contribution in [0, 0.1) is 5.92 Å². The molecule has 1 fully saturated rings. The maximum Gasteiger partial charge on any atom is 0.228 e. The lowest BCUT2D eigenvalue weighted by atomic mass is 9.97. The number of sulfonamides is 1. The van der Waals surface area contributed by atoms with E-state index in [1.54, 1.807) is 19.2 Å². The zero-order chi connectivity index (χ0) is 17.0. The Morgan fingerprint density at radius 2 is 2.04 bits per heavy atom. The molecule has 7 nitrogen and oxygen atoms in total. The van der Waals surface area contributed by atoms with Crippen molar-refractivity contribution in [2.24, 2.45) is 5.92 Å². The molecule has 0 aromatic carbocycles. The van der Waals surface area contributed by atoms with Crippen molar-refractivity contribution in [3.8, 4) is 0 Å². The second kappa shape index (κ2) is 7.44. The summed E-state index contributed by atoms with van der Waals surface area (Å²) in [6.07, 6.45) is 3.72. The van der Waals surface area contributed by atoms with Crippen molar-refractivity contribution in [2.75, 3.05) is 24.2 Å². The second-order valence-electron chi connectivity index (χ2n) is 5.98. The highest BCUT2D eigenvalue weighted by Gasteiger charge is 2.30. The number of hydrogen-bond acceptors (Lipinski definition) is 4. The van der Waals surface area contributed by atoms with E-state index in [1.807, 2.05) is 4.68 Å². The summed E-state index contributed by atoms with van der Waals surface area (Å²) in [5, 5.41) is 7.19. The molecule has 1 aromatic heterocycles. The SMILES string of the molecule is CCC(C)n1nccc1NC(=O)C1CCN(S(=O)(=O)CC)CC1. The lowest BCUT2D eigenvalue weighted by Gasteiger charge is -2.30. The third kappa shape index (κ3) is 4.11. The molecule has 2 rings (SSSR count). The van der Waals surface area contributed by atoms with E-state index in [9.17, 15) is 13.2 Å². The van der Waals surface area contributed by atoms with Crippen LogP contribution in [0.25, 0.3) is 0 Å². The molecule has 8 heteroatoms. The molecule has 1 amide bonds. The zero-order valence-corrected chi connectivity index (χ0v) is 14.8. The van der Waals surface area contributed by atoms with Crippen molar-refractivity contribution in [3.05, 3.63) is 12.3 Å². The average molecular weight is 342 g/mol. The van der Waals surface area contributed by atoms with Crippen LogP contribution in [0.5, 0.6) is 0 Å². The molecule has 1 N–H and O–H groups in total. The molecule has 1 unspecified atom stereocenters. The van der Waals surface area contributed by atoms with Crippen molar-refractivity contribution in [3.63, 3.8) is 0 Å². The molecule has 1 aliphatic rings. The number of hydrogen-bond donors (Lipinski definition) is 1. The molecule has 23 heavy (non-hydrogen) atoms. The number of piperidine rings is 1. The van der Waals surface area contributed by atoms with Crippen LogP contribution in [0.15, 0.2) is 12.3 Å². The summed E-state index contributed by atoms with van der Waals surface area (Å²) in [7, 11) is -3.15. The first kappa shape index (κ1) is 17.9. The summed E-state index contributed by atoms with van der Waals surface area (Å²) in [4.78, 5) is 12.4. The topological polar surface area (TPSA) is 84.3 Å². The van der Waals surface area contributed by atoms with Gasteiger partial charge in [0.15, 0.2) is 0 Å². The molecular formula is C15H26N4O3S. The first-order valence-electron chi connectivity index (χ1n) is 8.21. The molecular weight excluding hydrogens is 316 g/mol. The van der Waals surface area contributed by atoms with Gasteiger partial charge in [-0.25, -0.2) is 17.4 Å². The minimum atomic E-state index is -3.15. The van der Waals surface area contributed by atoms with Gasteiger partial charge in [0.2, 0.25) is 15.9 Å². The number of rotatable bonds is 6. The van der Waals surface area contributed by atoms with E-state index in [4.69, 9.17) is 0 Å². The fourth-order valence-corrected chi connectivity index (χ4v) is 3.88. The Balaban J connectivity index is 1.95. The number of amides is 1. The van der Waals surface area contributed by atoms with Crippen LogP contribution in [-0.4, -0.2) is 47.3 Å². The Morgan fingerprint density at radius 3 is 2.61 bits per heavy atom. The van der Waals surface area contributed by atoms with Crippen molar-refractivity contribution in [1.29, 1.82) is 0 Å². The maximum absolute atomic E-state index is 12.4. The quantitative estimate of drug-likeness (QED) is 0.855. The summed E-state index contributed by atoms with van der Waals surface area (Å²) in [5.41, 5.74) is 0. The van der Waals surface area contributed by atoms with Gasteiger partial charge in [-0.05, 0) is 33.1 Å². The van der Waals surface area contributed by atoms with Crippen molar-refractivity contribution >= 4 is 21.7 Å². The number of nitrogens with one attached hydrogen (secondary N) is 1. The van der Waals surface area contributed by atoms with Crippen molar-refractivity contribution in [2.45, 2.75) is 46.1 Å². The molecule has 1 atom stereocenters. The van der Waals surface area contributed by atoms with Crippen LogP contribution in [0.3, 0.4) is 0 Å². The van der Waals surface area contributed by atoms with Gasteiger partial charge in [-0.2, -0.15) is 5.10 Å². The van der Waals surface area contributed by atoms with E-state index in [0.717, 1.165) is 6.42 Å². The van der Waals surface area contributed by atoms with Crippen LogP contribution in [0.2, 0.25) is 0 Å². The highest BCUT2D eigenvalue weighted by atomic mass is 32.2. The number of anilines is 1. The molecule has 1 aliphatic heterocycles. The molecule has 2 heterocycles. The predicted octanol–water partition coefficient (Wildman–Crippen LogP) is 1.85. The van der Waals surface area contributed by atoms with Gasteiger partial charge in [-0.3, -0.25) is 4.79 Å². The fourth-order valence-electron chi connectivity index (χ4n) is 2.74. The van der Waals surface area contributed by atoms with Crippen LogP contribution in [-0.2, 0) is 14.8 Å². The van der Waals surface area contributed by atoms with Gasteiger partial charge in [0, 0.05) is 25.1 Å². The number of carbonyl (C=O) groups excluding carboxylic acids is 1. The molecule has 130 valence electrons. The summed E-state index contributed by atoms with van der Waals surface area (Å²) >= 11 is 0.